The van der Waals surface area contributed by atoms with E-state index in [-0.39, 0.29) is 24.8 Å². The van der Waals surface area contributed by atoms with Gasteiger partial charge in [-0.15, -0.1) is 0 Å². The Morgan fingerprint density at radius 3 is 2.29 bits per heavy atom. The van der Waals surface area contributed by atoms with E-state index in [9.17, 15) is 9.59 Å². The molecule has 0 radical (unpaired) electrons. The quantitative estimate of drug-likeness (QED) is 0.332. The van der Waals surface area contributed by atoms with E-state index in [4.69, 9.17) is 28.9 Å². The molecule has 3 aromatic rings. The highest BCUT2D eigenvalue weighted by Crippen LogP contribution is 2.23. The highest BCUT2D eigenvalue weighted by atomic mass is 35.5. The zero-order valence-corrected chi connectivity index (χ0v) is 21.2. The molecule has 2 atom stereocenters. The van der Waals surface area contributed by atoms with E-state index in [1.165, 1.54) is 0 Å². The number of nitrogen functional groups attached to an aromatic ring is 1. The molecule has 2 amide bonds. The van der Waals surface area contributed by atoms with Gasteiger partial charge < -0.3 is 21.7 Å². The molecule has 0 aliphatic carbocycles. The molecule has 3 rings (SSSR count). The maximum absolute atomic E-state index is 13.2. The van der Waals surface area contributed by atoms with E-state index in [2.05, 4.69) is 20.9 Å². The molecule has 0 unspecified atom stereocenters. The first kappa shape index (κ1) is 26.5. The maximum atomic E-state index is 13.2. The van der Waals surface area contributed by atoms with Crippen LogP contribution in [0.15, 0.2) is 60.7 Å². The lowest BCUT2D eigenvalue weighted by Crippen LogP contribution is -2.53. The van der Waals surface area contributed by atoms with Crippen molar-refractivity contribution in [1.29, 1.82) is 0 Å². The van der Waals surface area contributed by atoms with Crippen molar-refractivity contribution in [2.45, 2.75) is 38.4 Å². The topological polar surface area (TPSA) is 109 Å². The average Bonchev–Trinajstić information content (AvgIpc) is 2.84. The number of nitrogens with one attached hydrogen (secondary N) is 3. The Morgan fingerprint density at radius 2 is 1.63 bits per heavy atom. The number of benzene rings is 2. The molecule has 9 heteroatoms. The molecule has 7 nitrogen and oxygen atoms in total. The normalized spacial score (nSPS) is 12.6. The molecule has 35 heavy (non-hydrogen) atoms. The summed E-state index contributed by atoms with van der Waals surface area (Å²) in [5.41, 5.74) is 9.07. The number of anilines is 1. The van der Waals surface area contributed by atoms with Crippen molar-refractivity contribution in [3.05, 3.63) is 93.1 Å². The number of pyridine rings is 1. The molecule has 0 saturated carbocycles. The smallest absolute Gasteiger partial charge is 0.243 e. The summed E-state index contributed by atoms with van der Waals surface area (Å²) in [5, 5.41) is 9.66. The van der Waals surface area contributed by atoms with Gasteiger partial charge in [-0.3, -0.25) is 9.59 Å². The van der Waals surface area contributed by atoms with Gasteiger partial charge >= 0.3 is 0 Å². The Balaban J connectivity index is 1.75. The number of hydrogen-bond donors (Lipinski definition) is 4. The van der Waals surface area contributed by atoms with Gasteiger partial charge in [0.05, 0.1) is 16.1 Å². The lowest BCUT2D eigenvalue weighted by atomic mass is 10.0. The van der Waals surface area contributed by atoms with E-state index in [0.29, 0.717) is 22.3 Å². The molecule has 184 valence electrons. The first-order valence-electron chi connectivity index (χ1n) is 11.2. The van der Waals surface area contributed by atoms with Crippen LogP contribution in [0.25, 0.3) is 0 Å². The van der Waals surface area contributed by atoms with Crippen LogP contribution in [-0.4, -0.2) is 35.9 Å². The van der Waals surface area contributed by atoms with Gasteiger partial charge in [0.1, 0.15) is 11.9 Å². The predicted octanol–water partition coefficient (Wildman–Crippen LogP) is 3.45. The van der Waals surface area contributed by atoms with Crippen molar-refractivity contribution in [3.63, 3.8) is 0 Å². The minimum atomic E-state index is -0.826. The van der Waals surface area contributed by atoms with Crippen molar-refractivity contribution >= 4 is 40.8 Å². The summed E-state index contributed by atoms with van der Waals surface area (Å²) in [4.78, 5) is 30.6. The number of carbonyl (C=O) groups is 2. The Labute approximate surface area is 215 Å². The number of nitrogens with zero attached hydrogens (tertiary/aromatic N) is 1. The zero-order valence-electron chi connectivity index (χ0n) is 19.6. The van der Waals surface area contributed by atoms with Crippen LogP contribution < -0.4 is 21.7 Å². The number of aryl methyl sites for hydroxylation is 1. The lowest BCUT2D eigenvalue weighted by molar-refractivity contribution is -0.130. The number of carbonyl (C=O) groups excluding carboxylic acids is 2. The number of rotatable bonds is 10. The molecular formula is C26H29Cl2N5O2. The molecular weight excluding hydrogens is 485 g/mol. The molecule has 0 spiro atoms. The number of aromatic nitrogens is 1. The zero-order chi connectivity index (χ0) is 25.4. The number of amides is 2. The van der Waals surface area contributed by atoms with Gasteiger partial charge in [-0.05, 0) is 55.3 Å². The monoisotopic (exact) mass is 513 g/mol. The summed E-state index contributed by atoms with van der Waals surface area (Å²) in [5.74, 6) is -0.184. The summed E-state index contributed by atoms with van der Waals surface area (Å²) >= 11 is 12.2. The first-order chi connectivity index (χ1) is 16.8. The van der Waals surface area contributed by atoms with Crippen LogP contribution in [0.2, 0.25) is 10.0 Å². The average molecular weight is 514 g/mol. The van der Waals surface area contributed by atoms with E-state index >= 15 is 0 Å². The van der Waals surface area contributed by atoms with Crippen LogP contribution in [-0.2, 0) is 29.0 Å². The van der Waals surface area contributed by atoms with Crippen LogP contribution in [0, 0.1) is 6.92 Å². The van der Waals surface area contributed by atoms with Gasteiger partial charge in [-0.2, -0.15) is 0 Å². The lowest BCUT2D eigenvalue weighted by Gasteiger charge is -2.23. The van der Waals surface area contributed by atoms with E-state index in [1.54, 1.807) is 31.3 Å². The minimum Gasteiger partial charge on any atom is -0.384 e. The van der Waals surface area contributed by atoms with Gasteiger partial charge in [0, 0.05) is 18.7 Å². The van der Waals surface area contributed by atoms with Gasteiger partial charge in [-0.25, -0.2) is 4.98 Å². The molecule has 0 fully saturated rings. The van der Waals surface area contributed by atoms with E-state index < -0.39 is 12.1 Å². The largest absolute Gasteiger partial charge is 0.384 e. The fraction of sp³-hybridized carbons (Fsp3) is 0.269. The summed E-state index contributed by atoms with van der Waals surface area (Å²) < 4.78 is 0. The molecule has 0 aliphatic heterocycles. The number of likely N-dealkylation sites (N-methyl/N-ethyl adjacent to an activating group) is 1. The number of halogens is 2. The van der Waals surface area contributed by atoms with Crippen molar-refractivity contribution in [2.24, 2.45) is 0 Å². The second kappa shape index (κ2) is 12.5. The number of nitrogens with two attached hydrogens (primary N) is 1. The van der Waals surface area contributed by atoms with Crippen LogP contribution in [0.1, 0.15) is 22.4 Å². The fourth-order valence-corrected chi connectivity index (χ4v) is 3.98. The number of hydrogen-bond acceptors (Lipinski definition) is 5. The Morgan fingerprint density at radius 1 is 0.914 bits per heavy atom. The molecule has 0 saturated heterocycles. The Hall–Kier alpha value is -3.13. The SMILES string of the molecule is CN[C@@H](Cc1ccccc1)C(=O)N[C@H](Cc1ccc(Cl)c(Cl)c1)C(=O)NCc1ccc(N)nc1C. The second-order valence-corrected chi connectivity index (χ2v) is 9.06. The standard InChI is InChI=1S/C26H29Cl2N5O2/c1-16-19(9-11-24(29)32-16)15-31-25(34)23(14-18-8-10-20(27)21(28)12-18)33-26(35)22(30-2)13-17-6-4-3-5-7-17/h3-12,22-23,30H,13-15H2,1-2H3,(H2,29,32)(H,31,34)(H,33,35)/t22-,23+/m0/s1. The van der Waals surface area contributed by atoms with Gasteiger partial charge in [0.15, 0.2) is 0 Å². The van der Waals surface area contributed by atoms with Gasteiger partial charge in [0.25, 0.3) is 0 Å². The third kappa shape index (κ3) is 7.68. The maximum Gasteiger partial charge on any atom is 0.243 e. The van der Waals surface area contributed by atoms with E-state index in [1.807, 2.05) is 43.3 Å². The van der Waals surface area contributed by atoms with Crippen molar-refractivity contribution in [3.8, 4) is 0 Å². The summed E-state index contributed by atoms with van der Waals surface area (Å²) in [6.07, 6.45) is 0.732. The Bertz CT molecular complexity index is 1170. The molecule has 5 N–H and O–H groups in total. The van der Waals surface area contributed by atoms with Crippen LogP contribution in [0.3, 0.4) is 0 Å². The molecule has 2 aromatic carbocycles. The summed E-state index contributed by atoms with van der Waals surface area (Å²) in [6.45, 7) is 2.08. The van der Waals surface area contributed by atoms with Gasteiger partial charge in [0.2, 0.25) is 11.8 Å². The van der Waals surface area contributed by atoms with Crippen molar-refractivity contribution in [2.75, 3.05) is 12.8 Å². The third-order valence-electron chi connectivity index (χ3n) is 5.67. The highest BCUT2D eigenvalue weighted by molar-refractivity contribution is 6.42. The molecule has 0 bridgehead atoms. The van der Waals surface area contributed by atoms with Crippen molar-refractivity contribution < 1.29 is 9.59 Å². The van der Waals surface area contributed by atoms with Crippen molar-refractivity contribution in [1.82, 2.24) is 20.9 Å². The first-order valence-corrected chi connectivity index (χ1v) is 12.0. The fourth-order valence-electron chi connectivity index (χ4n) is 3.66. The van der Waals surface area contributed by atoms with Crippen LogP contribution in [0.4, 0.5) is 5.82 Å². The minimum absolute atomic E-state index is 0.245. The van der Waals surface area contributed by atoms with E-state index in [0.717, 1.165) is 22.4 Å². The van der Waals surface area contributed by atoms with Gasteiger partial charge in [-0.1, -0.05) is 65.7 Å². The third-order valence-corrected chi connectivity index (χ3v) is 6.41. The predicted molar refractivity (Wildman–Crippen MR) is 140 cm³/mol. The highest BCUT2D eigenvalue weighted by Gasteiger charge is 2.25. The van der Waals surface area contributed by atoms with Crippen LogP contribution in [0.5, 0.6) is 0 Å². The molecule has 0 aliphatic rings. The second-order valence-electron chi connectivity index (χ2n) is 8.24. The molecule has 1 heterocycles. The Kier molecular flexibility index (Phi) is 9.48. The summed E-state index contributed by atoms with van der Waals surface area (Å²) in [7, 11) is 1.72. The van der Waals surface area contributed by atoms with Crippen LogP contribution >= 0.6 is 23.2 Å². The summed E-state index contributed by atoms with van der Waals surface area (Å²) in [6, 6.07) is 17.0. The molecule has 1 aromatic heterocycles.